The second-order valence-electron chi connectivity index (χ2n) is 9.44. The Bertz CT molecular complexity index is 1440. The monoisotopic (exact) mass is 554 g/mol. The molecule has 1 unspecified atom stereocenters. The van der Waals surface area contributed by atoms with Crippen LogP contribution in [0.15, 0.2) is 69.7 Å². The highest BCUT2D eigenvalue weighted by molar-refractivity contribution is 9.10. The molecular weight excluding hydrogens is 527 g/mol. The van der Waals surface area contributed by atoms with Gasteiger partial charge < -0.3 is 15.2 Å². The lowest BCUT2D eigenvalue weighted by Gasteiger charge is -2.26. The maximum absolute atomic E-state index is 15.0. The molecule has 188 valence electrons. The number of allylic oxidation sites excluding steroid dienone is 2. The van der Waals surface area contributed by atoms with Gasteiger partial charge >= 0.3 is 0 Å². The van der Waals surface area contributed by atoms with E-state index in [0.717, 1.165) is 11.1 Å². The molecule has 0 aliphatic carbocycles. The van der Waals surface area contributed by atoms with Gasteiger partial charge in [0.05, 0.1) is 22.8 Å². The van der Waals surface area contributed by atoms with E-state index in [4.69, 9.17) is 4.74 Å². The summed E-state index contributed by atoms with van der Waals surface area (Å²) in [5, 5.41) is 13.0. The molecule has 7 nitrogen and oxygen atoms in total. The molecule has 0 radical (unpaired) electrons. The van der Waals surface area contributed by atoms with Gasteiger partial charge in [0.1, 0.15) is 22.4 Å². The largest absolute Gasteiger partial charge is 0.486 e. The van der Waals surface area contributed by atoms with E-state index in [1.807, 2.05) is 19.9 Å². The third-order valence-electron chi connectivity index (χ3n) is 5.84. The number of nitrogens with one attached hydrogen (secondary N) is 1. The number of alkyl halides is 1. The van der Waals surface area contributed by atoms with Crippen LogP contribution in [0, 0.1) is 13.8 Å². The highest BCUT2D eigenvalue weighted by Gasteiger charge is 2.29. The molecule has 0 saturated carbocycles. The number of dihydropyridines is 1. The Morgan fingerprint density at radius 3 is 2.64 bits per heavy atom. The molecular formula is C27H28BrFN4O3. The van der Waals surface area contributed by atoms with Crippen LogP contribution in [-0.4, -0.2) is 32.0 Å². The van der Waals surface area contributed by atoms with E-state index in [1.165, 1.54) is 6.08 Å². The summed E-state index contributed by atoms with van der Waals surface area (Å²) in [5.74, 6) is -1.62. The molecule has 1 aliphatic rings. The Labute approximate surface area is 217 Å². The summed E-state index contributed by atoms with van der Waals surface area (Å²) >= 11 is 3.35. The lowest BCUT2D eigenvalue weighted by Crippen LogP contribution is -2.43. The number of hydrogen-bond donors (Lipinski definition) is 2. The van der Waals surface area contributed by atoms with E-state index in [9.17, 15) is 14.3 Å². The van der Waals surface area contributed by atoms with Crippen LogP contribution in [0.2, 0.25) is 0 Å². The second-order valence-corrected chi connectivity index (χ2v) is 10.2. The van der Waals surface area contributed by atoms with Crippen molar-refractivity contribution in [2.24, 2.45) is 0 Å². The third-order valence-corrected chi connectivity index (χ3v) is 6.57. The van der Waals surface area contributed by atoms with Crippen LogP contribution in [0.25, 0.3) is 17.1 Å². The van der Waals surface area contributed by atoms with E-state index in [-0.39, 0.29) is 22.4 Å². The Morgan fingerprint density at radius 1 is 1.22 bits per heavy atom. The average Bonchev–Trinajstić information content (AvgIpc) is 2.83. The molecule has 36 heavy (non-hydrogen) atoms. The molecule has 2 N–H and O–H groups in total. The molecule has 1 aliphatic heterocycles. The summed E-state index contributed by atoms with van der Waals surface area (Å²) in [6.07, 6.45) is 6.33. The first kappa shape index (κ1) is 25.8. The lowest BCUT2D eigenvalue weighted by molar-refractivity contribution is 0.0740. The van der Waals surface area contributed by atoms with Gasteiger partial charge in [0.15, 0.2) is 0 Å². The van der Waals surface area contributed by atoms with Gasteiger partial charge in [-0.25, -0.2) is 9.37 Å². The van der Waals surface area contributed by atoms with E-state index < -0.39 is 11.4 Å². The maximum atomic E-state index is 15.0. The van der Waals surface area contributed by atoms with Crippen LogP contribution in [0.5, 0.6) is 5.75 Å². The van der Waals surface area contributed by atoms with Crippen molar-refractivity contribution >= 4 is 15.9 Å². The van der Waals surface area contributed by atoms with Gasteiger partial charge in [-0.05, 0) is 86.0 Å². The van der Waals surface area contributed by atoms with Crippen LogP contribution < -0.4 is 15.6 Å². The third kappa shape index (κ3) is 5.27. The van der Waals surface area contributed by atoms with Crippen molar-refractivity contribution in [1.29, 1.82) is 0 Å². The highest BCUT2D eigenvalue weighted by Crippen LogP contribution is 2.29. The first-order chi connectivity index (χ1) is 16.9. The van der Waals surface area contributed by atoms with Crippen molar-refractivity contribution in [3.8, 4) is 22.8 Å². The normalized spacial score (nSPS) is 17.5. The van der Waals surface area contributed by atoms with Crippen LogP contribution in [-0.2, 0) is 5.60 Å². The Kier molecular flexibility index (Phi) is 6.90. The van der Waals surface area contributed by atoms with Gasteiger partial charge in [0, 0.05) is 24.2 Å². The number of aryl methyl sites for hydroxylation is 2. The number of nitrogens with zero attached hydrogens (tertiary/aromatic N) is 3. The number of pyridine rings is 3. The van der Waals surface area contributed by atoms with Gasteiger partial charge in [-0.1, -0.05) is 12.1 Å². The number of rotatable bonds is 6. The summed E-state index contributed by atoms with van der Waals surface area (Å²) in [6.45, 7) is 8.52. The Morgan fingerprint density at radius 2 is 1.97 bits per heavy atom. The molecule has 0 amide bonds. The lowest BCUT2D eigenvalue weighted by atomic mass is 10.0. The van der Waals surface area contributed by atoms with E-state index in [2.05, 4.69) is 31.2 Å². The smallest absolute Gasteiger partial charge is 0.273 e. The Balaban J connectivity index is 1.69. The van der Waals surface area contributed by atoms with Crippen molar-refractivity contribution < 1.29 is 14.2 Å². The molecule has 9 heteroatoms. The summed E-state index contributed by atoms with van der Waals surface area (Å²) in [7, 11) is 0. The first-order valence-corrected chi connectivity index (χ1v) is 12.2. The summed E-state index contributed by atoms with van der Waals surface area (Å²) in [6, 6.07) is 8.84. The van der Waals surface area contributed by atoms with Crippen molar-refractivity contribution in [3.63, 3.8) is 0 Å². The zero-order valence-electron chi connectivity index (χ0n) is 20.8. The number of aromatic nitrogens is 3. The first-order valence-electron chi connectivity index (χ1n) is 11.4. The molecule has 4 rings (SSSR count). The number of halogens is 2. The molecule has 1 atom stereocenters. The zero-order valence-corrected chi connectivity index (χ0v) is 22.4. The second kappa shape index (κ2) is 9.63. The minimum atomic E-state index is -1.87. The number of hydrogen-bond acceptors (Lipinski definition) is 6. The maximum Gasteiger partial charge on any atom is 0.273 e. The highest BCUT2D eigenvalue weighted by atomic mass is 79.9. The van der Waals surface area contributed by atoms with Crippen LogP contribution in [0.4, 0.5) is 4.39 Å². The van der Waals surface area contributed by atoms with Gasteiger partial charge in [-0.15, -0.1) is 0 Å². The minimum absolute atomic E-state index is 0.183. The predicted molar refractivity (Wildman–Crippen MR) is 141 cm³/mol. The average molecular weight is 555 g/mol. The van der Waals surface area contributed by atoms with Gasteiger partial charge in [-0.3, -0.25) is 14.3 Å². The fourth-order valence-electron chi connectivity index (χ4n) is 3.76. The van der Waals surface area contributed by atoms with Gasteiger partial charge in [0.2, 0.25) is 5.79 Å². The molecule has 3 aromatic heterocycles. The van der Waals surface area contributed by atoms with E-state index in [0.29, 0.717) is 28.5 Å². The van der Waals surface area contributed by atoms with Gasteiger partial charge in [0.25, 0.3) is 5.56 Å². The zero-order chi connectivity index (χ0) is 26.3. The van der Waals surface area contributed by atoms with Crippen molar-refractivity contribution in [1.82, 2.24) is 19.9 Å². The summed E-state index contributed by atoms with van der Waals surface area (Å²) < 4.78 is 22.4. The molecule has 4 heterocycles. The molecule has 0 fully saturated rings. The van der Waals surface area contributed by atoms with Crippen LogP contribution in [0.3, 0.4) is 0 Å². The van der Waals surface area contributed by atoms with Crippen LogP contribution in [0.1, 0.15) is 37.7 Å². The van der Waals surface area contributed by atoms with Crippen molar-refractivity contribution in [2.75, 3.05) is 6.61 Å². The minimum Gasteiger partial charge on any atom is -0.486 e. The molecule has 3 aromatic rings. The molecule has 0 bridgehead atoms. The van der Waals surface area contributed by atoms with Crippen molar-refractivity contribution in [2.45, 2.75) is 46.0 Å². The molecule has 0 saturated heterocycles. The SMILES string of the molecule is CC1=CNC(F)(COc2cc(C)n(-c3cc(-c4cccc(C(C)(C)O)n4)ncc3C)c(=O)c2Br)C=C1. The quantitative estimate of drug-likeness (QED) is 0.416. The van der Waals surface area contributed by atoms with Crippen LogP contribution >= 0.6 is 15.9 Å². The molecule has 0 aromatic carbocycles. The van der Waals surface area contributed by atoms with Crippen molar-refractivity contribution in [3.05, 3.63) is 92.2 Å². The number of aliphatic hydroxyl groups is 1. The molecule has 0 spiro atoms. The predicted octanol–water partition coefficient (Wildman–Crippen LogP) is 5.01. The fourth-order valence-corrected chi connectivity index (χ4v) is 4.17. The van der Waals surface area contributed by atoms with Gasteiger partial charge in [-0.2, -0.15) is 0 Å². The number of ether oxygens (including phenoxy) is 1. The topological polar surface area (TPSA) is 89.3 Å². The fraction of sp³-hybridized carbons (Fsp3) is 0.296. The Hall–Kier alpha value is -3.30. The standard InChI is InChI=1S/C27H28BrFN4O3/c1-16-9-10-27(29,31-13-16)15-36-22-11-18(3)33(25(34)24(22)28)21-12-20(30-14-17(21)2)19-7-6-8-23(32-19)26(4,5)35/h6-14,31,35H,15H2,1-5H3. The summed E-state index contributed by atoms with van der Waals surface area (Å²) in [4.78, 5) is 22.5. The summed E-state index contributed by atoms with van der Waals surface area (Å²) in [5.41, 5.74) is 3.11. The van der Waals surface area contributed by atoms with E-state index >= 15 is 0 Å². The van der Waals surface area contributed by atoms with E-state index in [1.54, 1.807) is 68.1 Å².